The lowest BCUT2D eigenvalue weighted by atomic mass is 10.1. The summed E-state index contributed by atoms with van der Waals surface area (Å²) in [6.45, 7) is 2.68. The summed E-state index contributed by atoms with van der Waals surface area (Å²) in [6, 6.07) is 20.5. The maximum Gasteiger partial charge on any atom is 0.261 e. The molecule has 8 nitrogen and oxygen atoms in total. The first-order valence-corrected chi connectivity index (χ1v) is 11.3. The van der Waals surface area contributed by atoms with Crippen molar-refractivity contribution in [1.82, 2.24) is 15.5 Å². The molecular weight excluding hydrogens is 446 g/mol. The Hall–Kier alpha value is -4.46. The Morgan fingerprint density at radius 2 is 1.40 bits per heavy atom. The van der Waals surface area contributed by atoms with Crippen molar-refractivity contribution in [2.24, 2.45) is 0 Å². The number of fused-ring (bicyclic) bond motifs is 1. The fourth-order valence-electron chi connectivity index (χ4n) is 3.84. The van der Waals surface area contributed by atoms with Crippen LogP contribution in [0.3, 0.4) is 0 Å². The lowest BCUT2D eigenvalue weighted by Gasteiger charge is -2.16. The van der Waals surface area contributed by atoms with Gasteiger partial charge in [-0.15, -0.1) is 0 Å². The summed E-state index contributed by atoms with van der Waals surface area (Å²) in [7, 11) is 0. The average Bonchev–Trinajstić information content (AvgIpc) is 3.12. The van der Waals surface area contributed by atoms with Crippen molar-refractivity contribution in [1.29, 1.82) is 0 Å². The smallest absolute Gasteiger partial charge is 0.261 e. The molecule has 3 aromatic carbocycles. The van der Waals surface area contributed by atoms with Crippen LogP contribution in [0.5, 0.6) is 5.75 Å². The topological polar surface area (TPSA) is 105 Å². The van der Waals surface area contributed by atoms with Gasteiger partial charge in [0.2, 0.25) is 0 Å². The van der Waals surface area contributed by atoms with Gasteiger partial charge in [-0.05, 0) is 48.9 Å². The molecule has 0 atom stereocenters. The molecule has 3 aromatic rings. The first-order valence-electron chi connectivity index (χ1n) is 11.3. The van der Waals surface area contributed by atoms with Gasteiger partial charge in [0.1, 0.15) is 5.75 Å². The highest BCUT2D eigenvalue weighted by atomic mass is 16.5. The number of ether oxygens (including phenoxy) is 1. The summed E-state index contributed by atoms with van der Waals surface area (Å²) in [5.41, 5.74) is 2.19. The van der Waals surface area contributed by atoms with Crippen molar-refractivity contribution in [3.8, 4) is 5.75 Å². The molecule has 0 aromatic heterocycles. The number of hydrogen-bond acceptors (Lipinski definition) is 5. The molecule has 8 heteroatoms. The number of carbonyl (C=O) groups is 4. The lowest BCUT2D eigenvalue weighted by Crippen LogP contribution is -2.35. The molecule has 0 saturated heterocycles. The monoisotopic (exact) mass is 471 g/mol. The Morgan fingerprint density at radius 3 is 2.03 bits per heavy atom. The third-order valence-electron chi connectivity index (χ3n) is 5.54. The van der Waals surface area contributed by atoms with E-state index in [4.69, 9.17) is 4.74 Å². The molecule has 4 rings (SSSR count). The summed E-state index contributed by atoms with van der Waals surface area (Å²) in [5.74, 6) is -0.937. The van der Waals surface area contributed by atoms with Crippen molar-refractivity contribution in [3.63, 3.8) is 0 Å². The van der Waals surface area contributed by atoms with Crippen LogP contribution >= 0.6 is 0 Å². The molecule has 0 spiro atoms. The minimum atomic E-state index is -0.383. The number of nitrogens with zero attached hydrogens (tertiary/aromatic N) is 1. The van der Waals surface area contributed by atoms with Crippen LogP contribution in [0.15, 0.2) is 72.8 Å². The third kappa shape index (κ3) is 5.22. The zero-order chi connectivity index (χ0) is 24.8. The Labute approximate surface area is 202 Å². The van der Waals surface area contributed by atoms with E-state index in [2.05, 4.69) is 10.6 Å². The molecular formula is C27H25N3O5. The summed E-state index contributed by atoms with van der Waals surface area (Å²) < 4.78 is 5.60. The van der Waals surface area contributed by atoms with Crippen LogP contribution in [-0.2, 0) is 6.54 Å². The Morgan fingerprint density at radius 1 is 0.800 bits per heavy atom. The van der Waals surface area contributed by atoms with Crippen LogP contribution in [0.25, 0.3) is 0 Å². The second-order valence-corrected chi connectivity index (χ2v) is 7.88. The van der Waals surface area contributed by atoms with E-state index in [0.717, 1.165) is 0 Å². The van der Waals surface area contributed by atoms with Crippen LogP contribution in [0.2, 0.25) is 0 Å². The maximum absolute atomic E-state index is 12.9. The SMILES string of the molecule is CCOc1ccc(CN2C(=O)c3ccccc3C2=O)cc1C(=O)NCCNC(=O)c1ccccc1. The van der Waals surface area contributed by atoms with Crippen LogP contribution in [-0.4, -0.2) is 48.2 Å². The van der Waals surface area contributed by atoms with Gasteiger partial charge >= 0.3 is 0 Å². The van der Waals surface area contributed by atoms with Crippen LogP contribution in [0.4, 0.5) is 0 Å². The van der Waals surface area contributed by atoms with Crippen molar-refractivity contribution >= 4 is 23.6 Å². The fourth-order valence-corrected chi connectivity index (χ4v) is 3.84. The molecule has 0 unspecified atom stereocenters. The van der Waals surface area contributed by atoms with Crippen molar-refractivity contribution in [3.05, 3.63) is 101 Å². The molecule has 2 N–H and O–H groups in total. The Balaban J connectivity index is 1.41. The summed E-state index contributed by atoms with van der Waals surface area (Å²) >= 11 is 0. The standard InChI is InChI=1S/C27H25N3O5/c1-2-35-23-13-12-18(17-30-26(33)20-10-6-7-11-21(20)27(30)34)16-22(23)25(32)29-15-14-28-24(31)19-8-4-3-5-9-19/h3-13,16H,2,14-15,17H2,1H3,(H,28,31)(H,29,32). The molecule has 0 saturated carbocycles. The van der Waals surface area contributed by atoms with E-state index in [1.807, 2.05) is 13.0 Å². The first-order chi connectivity index (χ1) is 17.0. The molecule has 1 aliphatic heterocycles. The second-order valence-electron chi connectivity index (χ2n) is 7.88. The molecule has 0 aliphatic carbocycles. The van der Waals surface area contributed by atoms with E-state index < -0.39 is 0 Å². The predicted molar refractivity (Wildman–Crippen MR) is 129 cm³/mol. The van der Waals surface area contributed by atoms with E-state index in [1.165, 1.54) is 4.90 Å². The second kappa shape index (κ2) is 10.6. The Kier molecular flexibility index (Phi) is 7.21. The fraction of sp³-hybridized carbons (Fsp3) is 0.185. The molecule has 35 heavy (non-hydrogen) atoms. The minimum Gasteiger partial charge on any atom is -0.493 e. The average molecular weight is 472 g/mol. The highest BCUT2D eigenvalue weighted by molar-refractivity contribution is 6.21. The van der Waals surface area contributed by atoms with E-state index in [1.54, 1.807) is 66.7 Å². The number of amides is 4. The number of imide groups is 1. The molecule has 0 bridgehead atoms. The number of benzene rings is 3. The minimum absolute atomic E-state index is 0.0339. The van der Waals surface area contributed by atoms with Crippen molar-refractivity contribution in [2.75, 3.05) is 19.7 Å². The highest BCUT2D eigenvalue weighted by Gasteiger charge is 2.35. The number of nitrogens with one attached hydrogen (secondary N) is 2. The van der Waals surface area contributed by atoms with Gasteiger partial charge in [0.05, 0.1) is 29.8 Å². The van der Waals surface area contributed by atoms with Gasteiger partial charge in [0.15, 0.2) is 0 Å². The van der Waals surface area contributed by atoms with Gasteiger partial charge in [-0.25, -0.2) is 0 Å². The first kappa shape index (κ1) is 23.7. The largest absolute Gasteiger partial charge is 0.493 e. The van der Waals surface area contributed by atoms with Gasteiger partial charge < -0.3 is 15.4 Å². The normalized spacial score (nSPS) is 12.3. The number of rotatable bonds is 9. The lowest BCUT2D eigenvalue weighted by molar-refractivity contribution is 0.0642. The van der Waals surface area contributed by atoms with Crippen molar-refractivity contribution in [2.45, 2.75) is 13.5 Å². The zero-order valence-electron chi connectivity index (χ0n) is 19.2. The van der Waals surface area contributed by atoms with Crippen LogP contribution < -0.4 is 15.4 Å². The predicted octanol–water partition coefficient (Wildman–Crippen LogP) is 3.04. The molecule has 0 radical (unpaired) electrons. The van der Waals surface area contributed by atoms with Crippen molar-refractivity contribution < 1.29 is 23.9 Å². The van der Waals surface area contributed by atoms with E-state index in [-0.39, 0.29) is 48.8 Å². The maximum atomic E-state index is 12.9. The molecule has 0 fully saturated rings. The zero-order valence-corrected chi connectivity index (χ0v) is 19.2. The van der Waals surface area contributed by atoms with Gasteiger partial charge in [-0.3, -0.25) is 24.1 Å². The van der Waals surface area contributed by atoms with Gasteiger partial charge in [0.25, 0.3) is 23.6 Å². The molecule has 1 aliphatic rings. The van der Waals surface area contributed by atoms with Gasteiger partial charge in [-0.1, -0.05) is 36.4 Å². The molecule has 1 heterocycles. The third-order valence-corrected chi connectivity index (χ3v) is 5.54. The molecule has 178 valence electrons. The van der Waals surface area contributed by atoms with Gasteiger partial charge in [-0.2, -0.15) is 0 Å². The number of hydrogen-bond donors (Lipinski definition) is 2. The summed E-state index contributed by atoms with van der Waals surface area (Å²) in [4.78, 5) is 51.6. The van der Waals surface area contributed by atoms with Gasteiger partial charge in [0, 0.05) is 18.7 Å². The summed E-state index contributed by atoms with van der Waals surface area (Å²) in [6.07, 6.45) is 0. The Bertz CT molecular complexity index is 1240. The molecule has 4 amide bonds. The van der Waals surface area contributed by atoms with Crippen LogP contribution in [0, 0.1) is 0 Å². The van der Waals surface area contributed by atoms with E-state index >= 15 is 0 Å². The van der Waals surface area contributed by atoms with E-state index in [0.29, 0.717) is 34.6 Å². The van der Waals surface area contributed by atoms with E-state index in [9.17, 15) is 19.2 Å². The van der Waals surface area contributed by atoms with Crippen LogP contribution in [0.1, 0.15) is 53.9 Å². The highest BCUT2D eigenvalue weighted by Crippen LogP contribution is 2.26. The summed E-state index contributed by atoms with van der Waals surface area (Å²) in [5, 5.41) is 5.53. The quantitative estimate of drug-likeness (QED) is 0.369. The number of carbonyl (C=O) groups excluding carboxylic acids is 4.